The largest absolute Gasteiger partial charge is 0.443 e. The summed E-state index contributed by atoms with van der Waals surface area (Å²) in [7, 11) is 0. The maximum atomic E-state index is 12.4. The van der Waals surface area contributed by atoms with Gasteiger partial charge in [-0.3, -0.25) is 5.01 Å². The van der Waals surface area contributed by atoms with E-state index in [0.717, 1.165) is 22.1 Å². The minimum absolute atomic E-state index is 0.496. The average molecular weight is 334 g/mol. The number of carbonyl (C=O) groups is 1. The molecule has 0 aliphatic heterocycles. The predicted octanol–water partition coefficient (Wildman–Crippen LogP) is 5.42. The molecular formula is C21H22N2O2. The van der Waals surface area contributed by atoms with Gasteiger partial charge in [-0.1, -0.05) is 54.6 Å². The van der Waals surface area contributed by atoms with Crippen molar-refractivity contribution >= 4 is 28.2 Å². The van der Waals surface area contributed by atoms with Crippen molar-refractivity contribution in [1.82, 2.24) is 5.43 Å². The zero-order valence-electron chi connectivity index (χ0n) is 14.7. The third-order valence-corrected chi connectivity index (χ3v) is 3.62. The third-order valence-electron chi connectivity index (χ3n) is 3.62. The monoisotopic (exact) mass is 334 g/mol. The zero-order valence-corrected chi connectivity index (χ0v) is 14.7. The number of hydrazine groups is 1. The molecule has 3 rings (SSSR count). The van der Waals surface area contributed by atoms with Crippen molar-refractivity contribution in [3.05, 3.63) is 72.8 Å². The maximum Gasteiger partial charge on any atom is 0.426 e. The Bertz CT molecular complexity index is 864. The van der Waals surface area contributed by atoms with Crippen LogP contribution in [-0.2, 0) is 4.74 Å². The van der Waals surface area contributed by atoms with E-state index in [4.69, 9.17) is 4.74 Å². The highest BCUT2D eigenvalue weighted by atomic mass is 16.6. The van der Waals surface area contributed by atoms with E-state index in [0.29, 0.717) is 0 Å². The molecular weight excluding hydrogens is 312 g/mol. The van der Waals surface area contributed by atoms with Gasteiger partial charge < -0.3 is 4.74 Å². The molecule has 0 bridgehead atoms. The molecule has 0 unspecified atom stereocenters. The number of amides is 1. The summed E-state index contributed by atoms with van der Waals surface area (Å²) in [4.78, 5) is 12.4. The van der Waals surface area contributed by atoms with Gasteiger partial charge >= 0.3 is 6.09 Å². The van der Waals surface area contributed by atoms with Crippen molar-refractivity contribution in [2.75, 3.05) is 5.01 Å². The molecule has 0 radical (unpaired) electrons. The van der Waals surface area contributed by atoms with E-state index in [1.165, 1.54) is 0 Å². The van der Waals surface area contributed by atoms with Crippen molar-refractivity contribution in [3.8, 4) is 0 Å². The van der Waals surface area contributed by atoms with Crippen LogP contribution < -0.4 is 10.4 Å². The second-order valence-electron chi connectivity index (χ2n) is 6.78. The highest BCUT2D eigenvalue weighted by Gasteiger charge is 2.20. The molecule has 25 heavy (non-hydrogen) atoms. The zero-order chi connectivity index (χ0) is 17.9. The fourth-order valence-electron chi connectivity index (χ4n) is 2.64. The first-order valence-corrected chi connectivity index (χ1v) is 8.27. The number of anilines is 2. The molecule has 128 valence electrons. The second kappa shape index (κ2) is 6.85. The maximum absolute atomic E-state index is 12.4. The summed E-state index contributed by atoms with van der Waals surface area (Å²) in [5.41, 5.74) is 4.04. The molecule has 0 atom stereocenters. The van der Waals surface area contributed by atoms with Gasteiger partial charge in [0.15, 0.2) is 0 Å². The van der Waals surface area contributed by atoms with Gasteiger partial charge in [0.25, 0.3) is 0 Å². The summed E-state index contributed by atoms with van der Waals surface area (Å²) in [6.45, 7) is 5.53. The van der Waals surface area contributed by atoms with Gasteiger partial charge in [-0.2, -0.15) is 0 Å². The van der Waals surface area contributed by atoms with Crippen LogP contribution in [0, 0.1) is 0 Å². The number of benzene rings is 3. The molecule has 0 saturated heterocycles. The summed E-state index contributed by atoms with van der Waals surface area (Å²) < 4.78 is 5.43. The Labute approximate surface area is 148 Å². The van der Waals surface area contributed by atoms with Crippen LogP contribution in [0.15, 0.2) is 72.8 Å². The number of hydrogen-bond acceptors (Lipinski definition) is 3. The lowest BCUT2D eigenvalue weighted by atomic mass is 10.1. The average Bonchev–Trinajstić information content (AvgIpc) is 2.58. The van der Waals surface area contributed by atoms with E-state index in [9.17, 15) is 4.79 Å². The number of para-hydroxylation sites is 1. The van der Waals surface area contributed by atoms with Crippen molar-refractivity contribution in [2.45, 2.75) is 26.4 Å². The molecule has 0 aliphatic carbocycles. The van der Waals surface area contributed by atoms with Crippen LogP contribution in [0.5, 0.6) is 0 Å². The number of fused-ring (bicyclic) bond motifs is 1. The van der Waals surface area contributed by atoms with Gasteiger partial charge in [0.05, 0.1) is 11.4 Å². The second-order valence-corrected chi connectivity index (χ2v) is 6.78. The Balaban J connectivity index is 2.04. The molecule has 4 heteroatoms. The van der Waals surface area contributed by atoms with Crippen molar-refractivity contribution in [2.24, 2.45) is 0 Å². The van der Waals surface area contributed by atoms with Crippen molar-refractivity contribution in [3.63, 3.8) is 0 Å². The van der Waals surface area contributed by atoms with Crippen molar-refractivity contribution < 1.29 is 9.53 Å². The van der Waals surface area contributed by atoms with E-state index >= 15 is 0 Å². The number of rotatable bonds is 3. The molecule has 4 nitrogen and oxygen atoms in total. The SMILES string of the molecule is CC(C)(C)OC(=O)NN(c1ccccc1)c1cccc2ccccc12. The minimum atomic E-state index is -0.564. The first-order chi connectivity index (χ1) is 11.9. The van der Waals surface area contributed by atoms with Gasteiger partial charge in [-0.25, -0.2) is 10.2 Å². The molecule has 1 amide bonds. The molecule has 0 spiro atoms. The molecule has 3 aromatic rings. The van der Waals surface area contributed by atoms with Crippen LogP contribution in [0.3, 0.4) is 0 Å². The standard InChI is InChI=1S/C21H22N2O2/c1-21(2,3)25-20(24)22-23(17-12-5-4-6-13-17)19-15-9-11-16-10-7-8-14-18(16)19/h4-15H,1-3H3,(H,22,24). The lowest BCUT2D eigenvalue weighted by Crippen LogP contribution is -2.42. The highest BCUT2D eigenvalue weighted by Crippen LogP contribution is 2.30. The topological polar surface area (TPSA) is 41.6 Å². The normalized spacial score (nSPS) is 11.2. The van der Waals surface area contributed by atoms with Crippen LogP contribution in [0.2, 0.25) is 0 Å². The summed E-state index contributed by atoms with van der Waals surface area (Å²) in [5, 5.41) is 3.91. The lowest BCUT2D eigenvalue weighted by molar-refractivity contribution is 0.0528. The Morgan fingerprint density at radius 2 is 1.52 bits per heavy atom. The Hall–Kier alpha value is -3.01. The van der Waals surface area contributed by atoms with Gasteiger partial charge in [-0.15, -0.1) is 0 Å². The molecule has 0 saturated carbocycles. The number of carbonyl (C=O) groups excluding carboxylic acids is 1. The quantitative estimate of drug-likeness (QED) is 0.650. The van der Waals surface area contributed by atoms with Gasteiger partial charge in [0.1, 0.15) is 5.60 Å². The molecule has 0 fully saturated rings. The van der Waals surface area contributed by atoms with E-state index in [-0.39, 0.29) is 0 Å². The summed E-state index contributed by atoms with van der Waals surface area (Å²) in [6.07, 6.45) is -0.496. The molecule has 3 aromatic carbocycles. The summed E-state index contributed by atoms with van der Waals surface area (Å²) >= 11 is 0. The van der Waals surface area contributed by atoms with Crippen LogP contribution >= 0.6 is 0 Å². The lowest BCUT2D eigenvalue weighted by Gasteiger charge is -2.28. The van der Waals surface area contributed by atoms with E-state index in [1.54, 1.807) is 5.01 Å². The molecule has 0 aromatic heterocycles. The Kier molecular flexibility index (Phi) is 4.61. The third kappa shape index (κ3) is 4.10. The van der Waals surface area contributed by atoms with Crippen LogP contribution in [0.1, 0.15) is 20.8 Å². The molecule has 0 aliphatic rings. The summed E-state index contributed by atoms with van der Waals surface area (Å²) in [5.74, 6) is 0. The predicted molar refractivity (Wildman–Crippen MR) is 102 cm³/mol. The van der Waals surface area contributed by atoms with Crippen LogP contribution in [-0.4, -0.2) is 11.7 Å². The highest BCUT2D eigenvalue weighted by molar-refractivity contribution is 5.96. The smallest absolute Gasteiger partial charge is 0.426 e. The Morgan fingerprint density at radius 1 is 0.880 bits per heavy atom. The Morgan fingerprint density at radius 3 is 2.24 bits per heavy atom. The van der Waals surface area contributed by atoms with Gasteiger partial charge in [0, 0.05) is 5.39 Å². The first kappa shape index (κ1) is 16.8. The minimum Gasteiger partial charge on any atom is -0.443 e. The van der Waals surface area contributed by atoms with E-state index in [2.05, 4.69) is 17.6 Å². The summed E-state index contributed by atoms with van der Waals surface area (Å²) in [6, 6.07) is 23.8. The van der Waals surface area contributed by atoms with E-state index in [1.807, 2.05) is 81.4 Å². The molecule has 1 N–H and O–H groups in total. The van der Waals surface area contributed by atoms with Crippen molar-refractivity contribution in [1.29, 1.82) is 0 Å². The van der Waals surface area contributed by atoms with Crippen LogP contribution in [0.25, 0.3) is 10.8 Å². The number of ether oxygens (including phenoxy) is 1. The van der Waals surface area contributed by atoms with Gasteiger partial charge in [-0.05, 0) is 44.4 Å². The molecule has 0 heterocycles. The fourth-order valence-corrected chi connectivity index (χ4v) is 2.64. The first-order valence-electron chi connectivity index (χ1n) is 8.27. The number of hydrogen-bond donors (Lipinski definition) is 1. The van der Waals surface area contributed by atoms with Crippen LogP contribution in [0.4, 0.5) is 16.2 Å². The number of nitrogens with one attached hydrogen (secondary N) is 1. The fraction of sp³-hybridized carbons (Fsp3) is 0.190. The van der Waals surface area contributed by atoms with Gasteiger partial charge in [0.2, 0.25) is 0 Å². The number of nitrogens with zero attached hydrogens (tertiary/aromatic N) is 1. The van der Waals surface area contributed by atoms with E-state index < -0.39 is 11.7 Å².